The minimum absolute atomic E-state index is 0.111. The van der Waals surface area contributed by atoms with E-state index in [4.69, 9.17) is 12.2 Å². The summed E-state index contributed by atoms with van der Waals surface area (Å²) in [5.41, 5.74) is 6.02. The molecule has 0 amide bonds. The van der Waals surface area contributed by atoms with Gasteiger partial charge in [0, 0.05) is 12.1 Å². The number of hydrogen-bond donors (Lipinski definition) is 2. The van der Waals surface area contributed by atoms with Crippen LogP contribution < -0.4 is 11.1 Å². The Balaban J connectivity index is 2.60. The second kappa shape index (κ2) is 5.53. The van der Waals surface area contributed by atoms with Gasteiger partial charge in [0.15, 0.2) is 0 Å². The van der Waals surface area contributed by atoms with E-state index in [0.717, 1.165) is 11.8 Å². The van der Waals surface area contributed by atoms with E-state index in [9.17, 15) is 0 Å². The molecule has 1 aliphatic rings. The number of rotatable bonds is 4. The van der Waals surface area contributed by atoms with Crippen LogP contribution in [0.2, 0.25) is 0 Å². The van der Waals surface area contributed by atoms with Crippen LogP contribution in [0.15, 0.2) is 0 Å². The Kier molecular flexibility index (Phi) is 4.63. The first-order chi connectivity index (χ1) is 7.13. The summed E-state index contributed by atoms with van der Waals surface area (Å²) in [5.74, 6) is 4.20. The Morgan fingerprint density at radius 3 is 2.87 bits per heavy atom. The van der Waals surface area contributed by atoms with E-state index in [2.05, 4.69) is 25.1 Å². The van der Waals surface area contributed by atoms with Gasteiger partial charge in [-0.25, -0.2) is 0 Å². The lowest BCUT2D eigenvalue weighted by atomic mass is 9.71. The fraction of sp³-hybridized carbons (Fsp3) is 0.846. The molecule has 2 atom stereocenters. The zero-order chi connectivity index (χ0) is 11.3. The van der Waals surface area contributed by atoms with Crippen molar-refractivity contribution in [3.63, 3.8) is 0 Å². The van der Waals surface area contributed by atoms with Gasteiger partial charge < -0.3 is 5.73 Å². The zero-order valence-electron chi connectivity index (χ0n) is 10.1. The van der Waals surface area contributed by atoms with Gasteiger partial charge in [0.05, 0.1) is 6.54 Å². The molecule has 1 fully saturated rings. The zero-order valence-corrected chi connectivity index (χ0v) is 10.1. The summed E-state index contributed by atoms with van der Waals surface area (Å²) in [7, 11) is 0. The molecule has 1 rings (SSSR count). The van der Waals surface area contributed by atoms with Gasteiger partial charge in [-0.15, -0.1) is 6.42 Å². The molecule has 86 valence electrons. The predicted molar refractivity (Wildman–Crippen MR) is 65.4 cm³/mol. The van der Waals surface area contributed by atoms with Crippen LogP contribution in [-0.2, 0) is 0 Å². The Bertz CT molecular complexity index is 229. The molecule has 0 spiro atoms. The molecular weight excluding hydrogens is 184 g/mol. The van der Waals surface area contributed by atoms with Crippen molar-refractivity contribution in [2.45, 2.75) is 45.1 Å². The lowest BCUT2D eigenvalue weighted by molar-refractivity contribution is 0.158. The summed E-state index contributed by atoms with van der Waals surface area (Å²) >= 11 is 0. The van der Waals surface area contributed by atoms with Crippen LogP contribution >= 0.6 is 0 Å². The fourth-order valence-corrected chi connectivity index (χ4v) is 2.63. The number of nitrogens with two attached hydrogens (primary N) is 1. The third-order valence-corrected chi connectivity index (χ3v) is 3.78. The molecule has 0 aliphatic heterocycles. The highest BCUT2D eigenvalue weighted by Gasteiger charge is 2.35. The Morgan fingerprint density at radius 1 is 1.60 bits per heavy atom. The Labute approximate surface area is 94.0 Å². The third-order valence-electron chi connectivity index (χ3n) is 3.78. The number of terminal acetylenes is 1. The quantitative estimate of drug-likeness (QED) is 0.691. The largest absolute Gasteiger partial charge is 0.329 e. The molecule has 0 radical (unpaired) electrons. The monoisotopic (exact) mass is 208 g/mol. The molecule has 0 bridgehead atoms. The maximum Gasteiger partial charge on any atom is 0.0578 e. The van der Waals surface area contributed by atoms with E-state index in [1.165, 1.54) is 25.7 Å². The van der Waals surface area contributed by atoms with Gasteiger partial charge in [-0.2, -0.15) is 0 Å². The molecule has 0 saturated heterocycles. The molecule has 1 saturated carbocycles. The van der Waals surface area contributed by atoms with E-state index in [0.29, 0.717) is 13.1 Å². The van der Waals surface area contributed by atoms with Crippen LogP contribution in [-0.4, -0.2) is 18.6 Å². The first-order valence-electron chi connectivity index (χ1n) is 6.02. The van der Waals surface area contributed by atoms with Gasteiger partial charge >= 0.3 is 0 Å². The van der Waals surface area contributed by atoms with Crippen LogP contribution in [0.25, 0.3) is 0 Å². The van der Waals surface area contributed by atoms with Gasteiger partial charge in [0.25, 0.3) is 0 Å². The second-order valence-electron chi connectivity index (χ2n) is 5.14. The molecule has 3 N–H and O–H groups in total. The topological polar surface area (TPSA) is 38.0 Å². The second-order valence-corrected chi connectivity index (χ2v) is 5.14. The van der Waals surface area contributed by atoms with E-state index < -0.39 is 0 Å². The van der Waals surface area contributed by atoms with Gasteiger partial charge in [-0.1, -0.05) is 32.6 Å². The van der Waals surface area contributed by atoms with Gasteiger partial charge in [-0.05, 0) is 24.7 Å². The number of nitrogens with one attached hydrogen (secondary N) is 1. The first kappa shape index (κ1) is 12.5. The van der Waals surface area contributed by atoms with Gasteiger partial charge in [-0.3, -0.25) is 5.32 Å². The van der Waals surface area contributed by atoms with Crippen molar-refractivity contribution in [1.29, 1.82) is 0 Å². The number of hydrogen-bond acceptors (Lipinski definition) is 2. The van der Waals surface area contributed by atoms with Crippen molar-refractivity contribution in [2.75, 3.05) is 13.1 Å². The molecule has 1 aliphatic carbocycles. The Hall–Kier alpha value is -0.520. The highest BCUT2D eigenvalue weighted by atomic mass is 15.0. The average Bonchev–Trinajstić information content (AvgIpc) is 2.26. The van der Waals surface area contributed by atoms with Crippen LogP contribution in [0.5, 0.6) is 0 Å². The molecule has 0 aromatic carbocycles. The average molecular weight is 208 g/mol. The Morgan fingerprint density at radius 2 is 2.33 bits per heavy atom. The molecule has 15 heavy (non-hydrogen) atoms. The van der Waals surface area contributed by atoms with Gasteiger partial charge in [0.2, 0.25) is 0 Å². The molecular formula is C13H24N2. The lowest BCUT2D eigenvalue weighted by Crippen LogP contribution is -2.54. The van der Waals surface area contributed by atoms with E-state index in [1.54, 1.807) is 0 Å². The summed E-state index contributed by atoms with van der Waals surface area (Å²) in [5, 5.41) is 3.46. The minimum Gasteiger partial charge on any atom is -0.329 e. The van der Waals surface area contributed by atoms with Crippen LogP contribution in [0.4, 0.5) is 0 Å². The van der Waals surface area contributed by atoms with Crippen molar-refractivity contribution in [3.05, 3.63) is 0 Å². The smallest absolute Gasteiger partial charge is 0.0578 e. The SMILES string of the molecule is C#CCNC1(CN)CCCC(C(C)C)C1. The molecule has 0 aromatic heterocycles. The van der Waals surface area contributed by atoms with E-state index in [1.807, 2.05) is 0 Å². The standard InChI is InChI=1S/C13H24N2/c1-4-8-15-13(10-14)7-5-6-12(9-13)11(2)3/h1,11-12,15H,5-10,14H2,2-3H3. The molecule has 2 heteroatoms. The van der Waals surface area contributed by atoms with Crippen LogP contribution in [0.1, 0.15) is 39.5 Å². The summed E-state index contributed by atoms with van der Waals surface area (Å²) in [6.07, 6.45) is 10.3. The van der Waals surface area contributed by atoms with Crippen molar-refractivity contribution >= 4 is 0 Å². The molecule has 2 nitrogen and oxygen atoms in total. The highest BCUT2D eigenvalue weighted by molar-refractivity contribution is 4.99. The normalized spacial score (nSPS) is 31.5. The molecule has 2 unspecified atom stereocenters. The summed E-state index contributed by atoms with van der Waals surface area (Å²) in [6.45, 7) is 5.96. The summed E-state index contributed by atoms with van der Waals surface area (Å²) < 4.78 is 0. The van der Waals surface area contributed by atoms with Crippen LogP contribution in [0.3, 0.4) is 0 Å². The predicted octanol–water partition coefficient (Wildman–Crippen LogP) is 1.75. The van der Waals surface area contributed by atoms with Crippen molar-refractivity contribution in [1.82, 2.24) is 5.32 Å². The van der Waals surface area contributed by atoms with Crippen LogP contribution in [0, 0.1) is 24.2 Å². The van der Waals surface area contributed by atoms with E-state index >= 15 is 0 Å². The lowest BCUT2D eigenvalue weighted by Gasteiger charge is -2.42. The minimum atomic E-state index is 0.111. The maximum atomic E-state index is 5.91. The molecule has 0 heterocycles. The van der Waals surface area contributed by atoms with Crippen molar-refractivity contribution < 1.29 is 0 Å². The van der Waals surface area contributed by atoms with Crippen molar-refractivity contribution in [2.24, 2.45) is 17.6 Å². The van der Waals surface area contributed by atoms with Gasteiger partial charge in [0.1, 0.15) is 0 Å². The highest BCUT2D eigenvalue weighted by Crippen LogP contribution is 2.35. The van der Waals surface area contributed by atoms with E-state index in [-0.39, 0.29) is 5.54 Å². The molecule has 0 aromatic rings. The summed E-state index contributed by atoms with van der Waals surface area (Å²) in [4.78, 5) is 0. The first-order valence-corrected chi connectivity index (χ1v) is 6.02. The fourth-order valence-electron chi connectivity index (χ4n) is 2.63. The maximum absolute atomic E-state index is 5.91. The summed E-state index contributed by atoms with van der Waals surface area (Å²) in [6, 6.07) is 0. The third kappa shape index (κ3) is 3.22. The van der Waals surface area contributed by atoms with Crippen molar-refractivity contribution in [3.8, 4) is 12.3 Å².